The Bertz CT molecular complexity index is 482. The van der Waals surface area contributed by atoms with E-state index in [0.29, 0.717) is 6.04 Å². The number of unbranched alkanes of at least 4 members (excludes halogenated alkanes) is 1. The number of likely N-dealkylation sites (tertiary alicyclic amines) is 1. The molecule has 1 aliphatic heterocycles. The molecule has 1 aromatic heterocycles. The van der Waals surface area contributed by atoms with Gasteiger partial charge in [0.05, 0.1) is 6.04 Å². The summed E-state index contributed by atoms with van der Waals surface area (Å²) < 4.78 is 0. The maximum absolute atomic E-state index is 4.39. The van der Waals surface area contributed by atoms with E-state index in [9.17, 15) is 0 Å². The van der Waals surface area contributed by atoms with Crippen LogP contribution < -0.4 is 10.6 Å². The molecular weight excluding hydrogens is 330 g/mol. The normalized spacial score (nSPS) is 17.2. The van der Waals surface area contributed by atoms with Crippen molar-refractivity contribution in [2.24, 2.45) is 4.99 Å². The number of nitrogens with one attached hydrogen (secondary N) is 2. The van der Waals surface area contributed by atoms with E-state index in [1.54, 1.807) is 0 Å². The minimum Gasteiger partial charge on any atom is -0.355 e. The summed E-state index contributed by atoms with van der Waals surface area (Å²) in [5.74, 6) is 0.907. The first-order valence-electron chi connectivity index (χ1n) is 9.65. The van der Waals surface area contributed by atoms with Crippen molar-refractivity contribution in [1.82, 2.24) is 20.4 Å². The van der Waals surface area contributed by atoms with Crippen LogP contribution in [0.2, 0.25) is 0 Å². The molecule has 1 fully saturated rings. The number of aliphatic imine (C=N–C) groups is 1. The van der Waals surface area contributed by atoms with Gasteiger partial charge in [0.2, 0.25) is 0 Å². The summed E-state index contributed by atoms with van der Waals surface area (Å²) >= 11 is 1.86. The van der Waals surface area contributed by atoms with Gasteiger partial charge in [-0.15, -0.1) is 11.3 Å². The number of rotatable bonds is 10. The highest BCUT2D eigenvalue weighted by atomic mass is 32.1. The quantitative estimate of drug-likeness (QED) is 0.494. The Morgan fingerprint density at radius 3 is 2.76 bits per heavy atom. The molecule has 1 unspecified atom stereocenters. The Labute approximate surface area is 157 Å². The zero-order chi connectivity index (χ0) is 17.9. The molecule has 1 aliphatic rings. The van der Waals surface area contributed by atoms with Crippen LogP contribution in [-0.2, 0) is 0 Å². The van der Waals surface area contributed by atoms with Gasteiger partial charge >= 0.3 is 0 Å². The number of hydrogen-bond donors (Lipinski definition) is 2. The van der Waals surface area contributed by atoms with Crippen LogP contribution in [0.4, 0.5) is 0 Å². The first kappa shape index (κ1) is 20.2. The van der Waals surface area contributed by atoms with E-state index in [-0.39, 0.29) is 0 Å². The van der Waals surface area contributed by atoms with Crippen LogP contribution in [0, 0.1) is 0 Å². The molecule has 2 N–H and O–H groups in total. The Balaban J connectivity index is 1.77. The third-order valence-electron chi connectivity index (χ3n) is 4.82. The average molecular weight is 366 g/mol. The summed E-state index contributed by atoms with van der Waals surface area (Å²) in [6.07, 6.45) is 5.15. The standard InChI is InChI=1S/C19H35N5S/c1-4-5-11-23(3)14-10-21-19(20-2)22-16-17(18-9-8-15-25-18)24-12-6-7-13-24/h8-9,15,17H,4-7,10-14,16H2,1-3H3,(H2,20,21,22). The number of guanidine groups is 1. The van der Waals surface area contributed by atoms with Gasteiger partial charge in [0.25, 0.3) is 0 Å². The Kier molecular flexibility index (Phi) is 9.29. The minimum absolute atomic E-state index is 0.452. The molecule has 0 amide bonds. The lowest BCUT2D eigenvalue weighted by molar-refractivity contribution is 0.249. The van der Waals surface area contributed by atoms with Gasteiger partial charge in [-0.05, 0) is 57.4 Å². The lowest BCUT2D eigenvalue weighted by Crippen LogP contribution is -2.44. The van der Waals surface area contributed by atoms with Crippen LogP contribution >= 0.6 is 11.3 Å². The van der Waals surface area contributed by atoms with Crippen molar-refractivity contribution in [2.75, 3.05) is 53.4 Å². The molecule has 2 heterocycles. The van der Waals surface area contributed by atoms with Gasteiger partial charge in [-0.1, -0.05) is 19.4 Å². The Hall–Kier alpha value is -1.11. The SMILES string of the molecule is CCCCN(C)CCNC(=NC)NCC(c1cccs1)N1CCCC1. The second kappa shape index (κ2) is 11.5. The van der Waals surface area contributed by atoms with Crippen LogP contribution in [0.25, 0.3) is 0 Å². The molecule has 0 bridgehead atoms. The molecule has 0 spiro atoms. The van der Waals surface area contributed by atoms with Crippen molar-refractivity contribution in [3.05, 3.63) is 22.4 Å². The summed E-state index contributed by atoms with van der Waals surface area (Å²) in [4.78, 5) is 10.8. The van der Waals surface area contributed by atoms with Crippen LogP contribution in [0.15, 0.2) is 22.5 Å². The lowest BCUT2D eigenvalue weighted by atomic mass is 10.2. The minimum atomic E-state index is 0.452. The Morgan fingerprint density at radius 2 is 2.12 bits per heavy atom. The van der Waals surface area contributed by atoms with Gasteiger partial charge in [-0.3, -0.25) is 9.89 Å². The molecule has 0 saturated carbocycles. The van der Waals surface area contributed by atoms with Crippen molar-refractivity contribution in [3.8, 4) is 0 Å². The van der Waals surface area contributed by atoms with Gasteiger partial charge in [-0.2, -0.15) is 0 Å². The third kappa shape index (κ3) is 6.96. The van der Waals surface area contributed by atoms with Crippen LogP contribution in [0.5, 0.6) is 0 Å². The fourth-order valence-electron chi connectivity index (χ4n) is 3.26. The van der Waals surface area contributed by atoms with Crippen molar-refractivity contribution < 1.29 is 0 Å². The highest BCUT2D eigenvalue weighted by molar-refractivity contribution is 7.10. The first-order chi connectivity index (χ1) is 12.2. The van der Waals surface area contributed by atoms with E-state index in [0.717, 1.165) is 25.6 Å². The fourth-order valence-corrected chi connectivity index (χ4v) is 4.12. The van der Waals surface area contributed by atoms with E-state index in [2.05, 4.69) is 56.9 Å². The molecule has 0 radical (unpaired) electrons. The molecule has 6 heteroatoms. The van der Waals surface area contributed by atoms with Gasteiger partial charge in [0, 0.05) is 31.6 Å². The molecular formula is C19H35N5S. The second-order valence-electron chi connectivity index (χ2n) is 6.81. The average Bonchev–Trinajstić information content (AvgIpc) is 3.33. The van der Waals surface area contributed by atoms with Crippen LogP contribution in [-0.4, -0.2) is 69.1 Å². The molecule has 142 valence electrons. The second-order valence-corrected chi connectivity index (χ2v) is 7.79. The molecule has 0 aliphatic carbocycles. The molecule has 1 aromatic rings. The molecule has 25 heavy (non-hydrogen) atoms. The third-order valence-corrected chi connectivity index (χ3v) is 5.79. The molecule has 1 atom stereocenters. The summed E-state index contributed by atoms with van der Waals surface area (Å²) in [5.41, 5.74) is 0. The van der Waals surface area contributed by atoms with E-state index < -0.39 is 0 Å². The molecule has 5 nitrogen and oxygen atoms in total. The summed E-state index contributed by atoms with van der Waals surface area (Å²) in [7, 11) is 4.04. The fraction of sp³-hybridized carbons (Fsp3) is 0.737. The number of likely N-dealkylation sites (N-methyl/N-ethyl adjacent to an activating group) is 1. The monoisotopic (exact) mass is 365 g/mol. The van der Waals surface area contributed by atoms with Gasteiger partial charge in [0.15, 0.2) is 5.96 Å². The maximum atomic E-state index is 4.39. The van der Waals surface area contributed by atoms with Crippen LogP contribution in [0.3, 0.4) is 0 Å². The van der Waals surface area contributed by atoms with Crippen LogP contribution in [0.1, 0.15) is 43.5 Å². The van der Waals surface area contributed by atoms with E-state index in [1.807, 2.05) is 18.4 Å². The van der Waals surface area contributed by atoms with Crippen molar-refractivity contribution in [3.63, 3.8) is 0 Å². The van der Waals surface area contributed by atoms with E-state index >= 15 is 0 Å². The highest BCUT2D eigenvalue weighted by Crippen LogP contribution is 2.27. The van der Waals surface area contributed by atoms with E-state index in [1.165, 1.54) is 50.2 Å². The highest BCUT2D eigenvalue weighted by Gasteiger charge is 2.24. The number of nitrogens with zero attached hydrogens (tertiary/aromatic N) is 3. The first-order valence-corrected chi connectivity index (χ1v) is 10.5. The summed E-state index contributed by atoms with van der Waals surface area (Å²) in [5, 5.41) is 9.17. The lowest BCUT2D eigenvalue weighted by Gasteiger charge is -2.27. The molecule has 1 saturated heterocycles. The van der Waals surface area contributed by atoms with Crippen molar-refractivity contribution in [1.29, 1.82) is 0 Å². The van der Waals surface area contributed by atoms with Crippen molar-refractivity contribution >= 4 is 17.3 Å². The zero-order valence-electron chi connectivity index (χ0n) is 16.1. The molecule has 2 rings (SSSR count). The smallest absolute Gasteiger partial charge is 0.191 e. The maximum Gasteiger partial charge on any atom is 0.191 e. The number of hydrogen-bond acceptors (Lipinski definition) is 4. The largest absolute Gasteiger partial charge is 0.355 e. The summed E-state index contributed by atoms with van der Waals surface area (Å²) in [6, 6.07) is 4.87. The van der Waals surface area contributed by atoms with Crippen molar-refractivity contribution in [2.45, 2.75) is 38.6 Å². The van der Waals surface area contributed by atoms with Gasteiger partial charge < -0.3 is 15.5 Å². The predicted octanol–water partition coefficient (Wildman–Crippen LogP) is 2.78. The van der Waals surface area contributed by atoms with E-state index in [4.69, 9.17) is 0 Å². The van der Waals surface area contributed by atoms with Gasteiger partial charge in [-0.25, -0.2) is 0 Å². The summed E-state index contributed by atoms with van der Waals surface area (Å²) in [6.45, 7) is 8.69. The number of thiophene rings is 1. The topological polar surface area (TPSA) is 42.9 Å². The predicted molar refractivity (Wildman–Crippen MR) is 110 cm³/mol. The van der Waals surface area contributed by atoms with Gasteiger partial charge in [0.1, 0.15) is 0 Å². The molecule has 0 aromatic carbocycles. The Morgan fingerprint density at radius 1 is 1.32 bits per heavy atom. The zero-order valence-corrected chi connectivity index (χ0v) is 16.9.